The number of aliphatic hydroxyl groups excluding tert-OH is 1. The SMILES string of the molecule is CC1(C)CCC(C(O)Cc2cccc(Cl)c2Cl)CC1. The minimum atomic E-state index is -0.313. The molecule has 106 valence electrons. The molecule has 0 aromatic heterocycles. The van der Waals surface area contributed by atoms with Crippen LogP contribution >= 0.6 is 23.2 Å². The lowest BCUT2D eigenvalue weighted by Crippen LogP contribution is -2.30. The average Bonchev–Trinajstić information content (AvgIpc) is 2.35. The van der Waals surface area contributed by atoms with E-state index in [1.54, 1.807) is 6.07 Å². The van der Waals surface area contributed by atoms with E-state index in [4.69, 9.17) is 23.2 Å². The fourth-order valence-corrected chi connectivity index (χ4v) is 3.30. The Hall–Kier alpha value is -0.240. The van der Waals surface area contributed by atoms with Crippen LogP contribution in [0.1, 0.15) is 45.1 Å². The summed E-state index contributed by atoms with van der Waals surface area (Å²) in [5, 5.41) is 11.6. The molecule has 0 heterocycles. The fraction of sp³-hybridized carbons (Fsp3) is 0.625. The predicted octanol–water partition coefficient (Wildman–Crippen LogP) is 5.11. The van der Waals surface area contributed by atoms with E-state index >= 15 is 0 Å². The molecule has 0 radical (unpaired) electrons. The molecular formula is C16H22Cl2O. The molecule has 1 fully saturated rings. The second kappa shape index (κ2) is 6.03. The van der Waals surface area contributed by atoms with E-state index in [0.717, 1.165) is 18.4 Å². The van der Waals surface area contributed by atoms with Gasteiger partial charge in [0.25, 0.3) is 0 Å². The molecule has 0 aliphatic heterocycles. The van der Waals surface area contributed by atoms with E-state index in [2.05, 4.69) is 13.8 Å². The topological polar surface area (TPSA) is 20.2 Å². The van der Waals surface area contributed by atoms with Crippen LogP contribution in [0.2, 0.25) is 10.0 Å². The summed E-state index contributed by atoms with van der Waals surface area (Å²) >= 11 is 12.2. The van der Waals surface area contributed by atoms with Crippen LogP contribution in [-0.4, -0.2) is 11.2 Å². The average molecular weight is 301 g/mol. The molecule has 1 atom stereocenters. The third kappa shape index (κ3) is 3.87. The van der Waals surface area contributed by atoms with Gasteiger partial charge in [-0.05, 0) is 48.6 Å². The maximum Gasteiger partial charge on any atom is 0.0625 e. The molecule has 0 spiro atoms. The molecule has 3 heteroatoms. The minimum absolute atomic E-state index is 0.313. The predicted molar refractivity (Wildman–Crippen MR) is 81.9 cm³/mol. The Labute approximate surface area is 125 Å². The van der Waals surface area contributed by atoms with Crippen molar-refractivity contribution in [3.05, 3.63) is 33.8 Å². The van der Waals surface area contributed by atoms with Crippen LogP contribution < -0.4 is 0 Å². The van der Waals surface area contributed by atoms with Crippen molar-refractivity contribution in [3.63, 3.8) is 0 Å². The Kier molecular flexibility index (Phi) is 4.81. The van der Waals surface area contributed by atoms with Crippen LogP contribution in [0.3, 0.4) is 0 Å². The smallest absolute Gasteiger partial charge is 0.0625 e. The van der Waals surface area contributed by atoms with Gasteiger partial charge in [-0.25, -0.2) is 0 Å². The maximum absolute atomic E-state index is 10.4. The molecule has 1 nitrogen and oxygen atoms in total. The highest BCUT2D eigenvalue weighted by Crippen LogP contribution is 2.40. The van der Waals surface area contributed by atoms with Crippen LogP contribution in [0.25, 0.3) is 0 Å². The van der Waals surface area contributed by atoms with Crippen molar-refractivity contribution in [2.24, 2.45) is 11.3 Å². The Bertz CT molecular complexity index is 432. The normalized spacial score (nSPS) is 21.3. The number of rotatable bonds is 3. The van der Waals surface area contributed by atoms with E-state index in [1.807, 2.05) is 12.1 Å². The van der Waals surface area contributed by atoms with Crippen molar-refractivity contribution >= 4 is 23.2 Å². The number of aliphatic hydroxyl groups is 1. The fourth-order valence-electron chi connectivity index (χ4n) is 2.90. The molecule has 1 aliphatic carbocycles. The van der Waals surface area contributed by atoms with Gasteiger partial charge in [0.05, 0.1) is 16.1 Å². The third-order valence-electron chi connectivity index (χ3n) is 4.39. The second-order valence-corrected chi connectivity index (χ2v) is 7.27. The van der Waals surface area contributed by atoms with E-state index in [-0.39, 0.29) is 6.10 Å². The molecule has 1 unspecified atom stereocenters. The van der Waals surface area contributed by atoms with E-state index in [1.165, 1.54) is 12.8 Å². The van der Waals surface area contributed by atoms with Gasteiger partial charge in [0.2, 0.25) is 0 Å². The molecule has 0 saturated heterocycles. The van der Waals surface area contributed by atoms with Crippen molar-refractivity contribution in [1.29, 1.82) is 0 Å². The Morgan fingerprint density at radius 1 is 1.26 bits per heavy atom. The quantitative estimate of drug-likeness (QED) is 0.822. The summed E-state index contributed by atoms with van der Waals surface area (Å²) in [5.41, 5.74) is 1.38. The van der Waals surface area contributed by atoms with E-state index in [0.29, 0.717) is 27.8 Å². The second-order valence-electron chi connectivity index (χ2n) is 6.49. The van der Waals surface area contributed by atoms with Gasteiger partial charge in [-0.2, -0.15) is 0 Å². The molecule has 1 aromatic rings. The Balaban J connectivity index is 1.98. The highest BCUT2D eigenvalue weighted by Gasteiger charge is 2.30. The highest BCUT2D eigenvalue weighted by molar-refractivity contribution is 6.42. The molecule has 1 N–H and O–H groups in total. The van der Waals surface area contributed by atoms with Crippen molar-refractivity contribution in [3.8, 4) is 0 Å². The zero-order valence-corrected chi connectivity index (χ0v) is 13.1. The lowest BCUT2D eigenvalue weighted by Gasteiger charge is -2.36. The zero-order chi connectivity index (χ0) is 14.0. The zero-order valence-electron chi connectivity index (χ0n) is 11.6. The van der Waals surface area contributed by atoms with Crippen LogP contribution in [0.15, 0.2) is 18.2 Å². The molecule has 0 bridgehead atoms. The summed E-state index contributed by atoms with van der Waals surface area (Å²) in [7, 11) is 0. The summed E-state index contributed by atoms with van der Waals surface area (Å²) < 4.78 is 0. The first-order valence-electron chi connectivity index (χ1n) is 7.00. The van der Waals surface area contributed by atoms with Gasteiger partial charge < -0.3 is 5.11 Å². The summed E-state index contributed by atoms with van der Waals surface area (Å²) in [6, 6.07) is 5.62. The van der Waals surface area contributed by atoms with Crippen molar-refractivity contribution in [2.45, 2.75) is 52.1 Å². The van der Waals surface area contributed by atoms with Crippen molar-refractivity contribution in [1.82, 2.24) is 0 Å². The Morgan fingerprint density at radius 3 is 2.53 bits per heavy atom. The lowest BCUT2D eigenvalue weighted by molar-refractivity contribution is 0.0576. The monoisotopic (exact) mass is 300 g/mol. The van der Waals surface area contributed by atoms with Crippen LogP contribution in [0.5, 0.6) is 0 Å². The summed E-state index contributed by atoms with van der Waals surface area (Å²) in [6.45, 7) is 4.62. The molecule has 19 heavy (non-hydrogen) atoms. The number of hydrogen-bond donors (Lipinski definition) is 1. The Morgan fingerprint density at radius 2 is 1.89 bits per heavy atom. The molecule has 0 amide bonds. The first-order valence-corrected chi connectivity index (χ1v) is 7.75. The van der Waals surface area contributed by atoms with Gasteiger partial charge in [0.15, 0.2) is 0 Å². The van der Waals surface area contributed by atoms with E-state index < -0.39 is 0 Å². The summed E-state index contributed by atoms with van der Waals surface area (Å²) in [5.74, 6) is 0.392. The summed E-state index contributed by atoms with van der Waals surface area (Å²) in [6.07, 6.45) is 4.88. The van der Waals surface area contributed by atoms with Gasteiger partial charge in [0.1, 0.15) is 0 Å². The first-order chi connectivity index (χ1) is 8.89. The highest BCUT2D eigenvalue weighted by atomic mass is 35.5. The van der Waals surface area contributed by atoms with Gasteiger partial charge >= 0.3 is 0 Å². The van der Waals surface area contributed by atoms with Crippen molar-refractivity contribution < 1.29 is 5.11 Å². The molecule has 1 saturated carbocycles. The van der Waals surface area contributed by atoms with Gasteiger partial charge in [-0.15, -0.1) is 0 Å². The third-order valence-corrected chi connectivity index (χ3v) is 5.25. The van der Waals surface area contributed by atoms with Gasteiger partial charge in [-0.1, -0.05) is 49.2 Å². The van der Waals surface area contributed by atoms with E-state index in [9.17, 15) is 5.11 Å². The first kappa shape index (κ1) is 15.2. The number of hydrogen-bond acceptors (Lipinski definition) is 1. The largest absolute Gasteiger partial charge is 0.392 e. The van der Waals surface area contributed by atoms with Crippen LogP contribution in [0.4, 0.5) is 0 Å². The van der Waals surface area contributed by atoms with Gasteiger partial charge in [0, 0.05) is 6.42 Å². The molecular weight excluding hydrogens is 279 g/mol. The number of halogens is 2. The molecule has 2 rings (SSSR count). The standard InChI is InChI=1S/C16H22Cl2O/c1-16(2)8-6-11(7-9-16)14(19)10-12-4-3-5-13(17)15(12)18/h3-5,11,14,19H,6-10H2,1-2H3. The van der Waals surface area contributed by atoms with Crippen molar-refractivity contribution in [2.75, 3.05) is 0 Å². The van der Waals surface area contributed by atoms with Gasteiger partial charge in [-0.3, -0.25) is 0 Å². The molecule has 1 aliphatic rings. The molecule has 1 aromatic carbocycles. The van der Waals surface area contributed by atoms with Crippen LogP contribution in [0, 0.1) is 11.3 Å². The van der Waals surface area contributed by atoms with Crippen LogP contribution in [-0.2, 0) is 6.42 Å². The summed E-state index contributed by atoms with van der Waals surface area (Å²) in [4.78, 5) is 0. The lowest BCUT2D eigenvalue weighted by atomic mass is 9.71. The maximum atomic E-state index is 10.4. The number of benzene rings is 1. The minimum Gasteiger partial charge on any atom is -0.392 e.